The first-order valence-electron chi connectivity index (χ1n) is 8.81. The topological polar surface area (TPSA) is 55.3 Å². The fourth-order valence-electron chi connectivity index (χ4n) is 3.37. The van der Waals surface area contributed by atoms with E-state index < -0.39 is 0 Å². The first-order chi connectivity index (χ1) is 12.6. The smallest absolute Gasteiger partial charge is 0.264 e. The van der Waals surface area contributed by atoms with E-state index in [0.717, 1.165) is 32.2 Å². The maximum atomic E-state index is 12.9. The van der Waals surface area contributed by atoms with Crippen molar-refractivity contribution in [2.45, 2.75) is 20.3 Å². The number of nitrogens with zero attached hydrogens (tertiary/aromatic N) is 3. The summed E-state index contributed by atoms with van der Waals surface area (Å²) in [6, 6.07) is 10.2. The van der Waals surface area contributed by atoms with E-state index in [1.165, 1.54) is 16.9 Å². The van der Waals surface area contributed by atoms with Crippen molar-refractivity contribution in [1.82, 2.24) is 14.9 Å². The molecule has 0 spiro atoms. The molecule has 1 aliphatic heterocycles. The summed E-state index contributed by atoms with van der Waals surface area (Å²) in [5.74, 6) is 0.880. The van der Waals surface area contributed by atoms with Crippen LogP contribution in [0, 0.1) is 13.8 Å². The SMILES string of the molecule is Cc1nc(Cc2ccccc2)nc2sc(C(=O)N3CCOCC3)c(C)c12. The summed E-state index contributed by atoms with van der Waals surface area (Å²) in [7, 11) is 0. The van der Waals surface area contributed by atoms with Crippen LogP contribution in [-0.2, 0) is 11.2 Å². The lowest BCUT2D eigenvalue weighted by Gasteiger charge is -2.26. The highest BCUT2D eigenvalue weighted by Crippen LogP contribution is 2.32. The number of fused-ring (bicyclic) bond motifs is 1. The van der Waals surface area contributed by atoms with Gasteiger partial charge in [0.15, 0.2) is 0 Å². The Morgan fingerprint density at radius 1 is 1.15 bits per heavy atom. The molecule has 134 valence electrons. The highest BCUT2D eigenvalue weighted by molar-refractivity contribution is 7.20. The lowest BCUT2D eigenvalue weighted by molar-refractivity contribution is 0.0306. The average molecular weight is 367 g/mol. The van der Waals surface area contributed by atoms with Gasteiger partial charge in [-0.3, -0.25) is 4.79 Å². The van der Waals surface area contributed by atoms with Crippen LogP contribution in [0.1, 0.15) is 32.3 Å². The molecule has 1 amide bonds. The number of hydrogen-bond donors (Lipinski definition) is 0. The number of ether oxygens (including phenoxy) is 1. The van der Waals surface area contributed by atoms with Crippen LogP contribution in [0.4, 0.5) is 0 Å². The Balaban J connectivity index is 1.69. The monoisotopic (exact) mass is 367 g/mol. The number of morpholine rings is 1. The molecule has 26 heavy (non-hydrogen) atoms. The second kappa shape index (κ2) is 7.13. The quantitative estimate of drug-likeness (QED) is 0.712. The molecule has 0 saturated carbocycles. The van der Waals surface area contributed by atoms with Crippen molar-refractivity contribution < 1.29 is 9.53 Å². The molecule has 1 aliphatic rings. The van der Waals surface area contributed by atoms with Crippen LogP contribution in [0.2, 0.25) is 0 Å². The van der Waals surface area contributed by atoms with E-state index in [9.17, 15) is 4.79 Å². The van der Waals surface area contributed by atoms with E-state index in [4.69, 9.17) is 14.7 Å². The Kier molecular flexibility index (Phi) is 4.70. The van der Waals surface area contributed by atoms with Crippen LogP contribution in [-0.4, -0.2) is 47.1 Å². The van der Waals surface area contributed by atoms with Crippen LogP contribution in [0.15, 0.2) is 30.3 Å². The molecule has 0 N–H and O–H groups in total. The van der Waals surface area contributed by atoms with Crippen molar-refractivity contribution in [1.29, 1.82) is 0 Å². The Labute approximate surface area is 156 Å². The van der Waals surface area contributed by atoms with E-state index in [1.54, 1.807) is 0 Å². The van der Waals surface area contributed by atoms with Crippen molar-refractivity contribution in [3.63, 3.8) is 0 Å². The Bertz CT molecular complexity index is 947. The Hall–Kier alpha value is -2.31. The maximum Gasteiger partial charge on any atom is 0.264 e. The third-order valence-corrected chi connectivity index (χ3v) is 5.89. The number of thiophene rings is 1. The van der Waals surface area contributed by atoms with E-state index in [2.05, 4.69) is 12.1 Å². The van der Waals surface area contributed by atoms with Gasteiger partial charge in [-0.1, -0.05) is 30.3 Å². The summed E-state index contributed by atoms with van der Waals surface area (Å²) in [5.41, 5.74) is 3.12. The molecule has 0 radical (unpaired) electrons. The number of hydrogen-bond acceptors (Lipinski definition) is 5. The van der Waals surface area contributed by atoms with Gasteiger partial charge in [-0.05, 0) is 25.0 Å². The Morgan fingerprint density at radius 3 is 2.62 bits per heavy atom. The molecule has 4 rings (SSSR count). The van der Waals surface area contributed by atoms with Crippen molar-refractivity contribution in [3.05, 3.63) is 57.9 Å². The molecule has 3 aromatic rings. The second-order valence-electron chi connectivity index (χ2n) is 6.53. The average Bonchev–Trinajstić information content (AvgIpc) is 2.99. The van der Waals surface area contributed by atoms with Gasteiger partial charge >= 0.3 is 0 Å². The van der Waals surface area contributed by atoms with Crippen LogP contribution in [0.5, 0.6) is 0 Å². The Morgan fingerprint density at radius 2 is 1.88 bits per heavy atom. The number of benzene rings is 1. The highest BCUT2D eigenvalue weighted by atomic mass is 32.1. The van der Waals surface area contributed by atoms with Gasteiger partial charge in [-0.15, -0.1) is 11.3 Å². The van der Waals surface area contributed by atoms with E-state index in [0.29, 0.717) is 32.7 Å². The van der Waals surface area contributed by atoms with Crippen LogP contribution in [0.25, 0.3) is 10.2 Å². The van der Waals surface area contributed by atoms with Crippen molar-refractivity contribution >= 4 is 27.5 Å². The van der Waals surface area contributed by atoms with Crippen molar-refractivity contribution in [2.24, 2.45) is 0 Å². The van der Waals surface area contributed by atoms with Crippen LogP contribution in [0.3, 0.4) is 0 Å². The summed E-state index contributed by atoms with van der Waals surface area (Å²) < 4.78 is 5.35. The number of carbonyl (C=O) groups is 1. The zero-order chi connectivity index (χ0) is 18.1. The predicted molar refractivity (Wildman–Crippen MR) is 103 cm³/mol. The fraction of sp³-hybridized carbons (Fsp3) is 0.350. The predicted octanol–water partition coefficient (Wildman–Crippen LogP) is 3.37. The normalized spacial score (nSPS) is 14.8. The van der Waals surface area contributed by atoms with Gasteiger partial charge in [0.25, 0.3) is 5.91 Å². The summed E-state index contributed by atoms with van der Waals surface area (Å²) in [6.45, 7) is 6.51. The molecule has 1 fully saturated rings. The zero-order valence-electron chi connectivity index (χ0n) is 15.0. The summed E-state index contributed by atoms with van der Waals surface area (Å²) in [5, 5.41) is 1.02. The van der Waals surface area contributed by atoms with E-state index in [-0.39, 0.29) is 5.91 Å². The minimum Gasteiger partial charge on any atom is -0.378 e. The number of aryl methyl sites for hydroxylation is 2. The molecule has 1 saturated heterocycles. The van der Waals surface area contributed by atoms with Gasteiger partial charge in [-0.2, -0.15) is 0 Å². The molecular formula is C20H21N3O2S. The zero-order valence-corrected chi connectivity index (χ0v) is 15.8. The van der Waals surface area contributed by atoms with Crippen LogP contribution < -0.4 is 0 Å². The van der Waals surface area contributed by atoms with Crippen LogP contribution >= 0.6 is 11.3 Å². The van der Waals surface area contributed by atoms with Crippen molar-refractivity contribution in [3.8, 4) is 0 Å². The van der Waals surface area contributed by atoms with Gasteiger partial charge in [0.05, 0.1) is 23.8 Å². The molecule has 0 aliphatic carbocycles. The second-order valence-corrected chi connectivity index (χ2v) is 7.53. The molecule has 6 heteroatoms. The highest BCUT2D eigenvalue weighted by Gasteiger charge is 2.24. The lowest BCUT2D eigenvalue weighted by atomic mass is 10.1. The largest absolute Gasteiger partial charge is 0.378 e. The molecule has 0 bridgehead atoms. The van der Waals surface area contributed by atoms with Gasteiger partial charge < -0.3 is 9.64 Å². The summed E-state index contributed by atoms with van der Waals surface area (Å²) in [6.07, 6.45) is 0.696. The molecule has 0 atom stereocenters. The molecule has 1 aromatic carbocycles. The summed E-state index contributed by atoms with van der Waals surface area (Å²) in [4.78, 5) is 25.9. The minimum atomic E-state index is 0.0813. The molecule has 5 nitrogen and oxygen atoms in total. The maximum absolute atomic E-state index is 12.9. The number of aromatic nitrogens is 2. The third kappa shape index (κ3) is 3.22. The van der Waals surface area contributed by atoms with E-state index >= 15 is 0 Å². The first kappa shape index (κ1) is 17.1. The van der Waals surface area contributed by atoms with Gasteiger partial charge in [0.1, 0.15) is 10.7 Å². The van der Waals surface area contributed by atoms with Gasteiger partial charge in [-0.25, -0.2) is 9.97 Å². The van der Waals surface area contributed by atoms with Crippen molar-refractivity contribution in [2.75, 3.05) is 26.3 Å². The first-order valence-corrected chi connectivity index (χ1v) is 9.62. The van der Waals surface area contributed by atoms with Gasteiger partial charge in [0, 0.05) is 24.9 Å². The molecular weight excluding hydrogens is 346 g/mol. The molecule has 2 aromatic heterocycles. The van der Waals surface area contributed by atoms with Gasteiger partial charge in [0.2, 0.25) is 0 Å². The summed E-state index contributed by atoms with van der Waals surface area (Å²) >= 11 is 1.48. The number of rotatable bonds is 3. The van der Waals surface area contributed by atoms with E-state index in [1.807, 2.05) is 36.9 Å². The third-order valence-electron chi connectivity index (χ3n) is 4.71. The standard InChI is InChI=1S/C20H21N3O2S/c1-13-17-14(2)21-16(12-15-6-4-3-5-7-15)22-19(17)26-18(13)20(24)23-8-10-25-11-9-23/h3-7H,8-12H2,1-2H3. The molecule has 0 unspecified atom stereocenters. The fourth-order valence-corrected chi connectivity index (χ4v) is 4.59. The lowest BCUT2D eigenvalue weighted by Crippen LogP contribution is -2.40. The number of carbonyl (C=O) groups excluding carboxylic acids is 1. The molecule has 3 heterocycles. The minimum absolute atomic E-state index is 0.0813. The number of amides is 1.